The summed E-state index contributed by atoms with van der Waals surface area (Å²) in [5.74, 6) is 0. The van der Waals surface area contributed by atoms with E-state index in [0.29, 0.717) is 0 Å². The molecule has 0 aromatic carbocycles. The number of piperidine rings is 1. The average molecular weight is 238 g/mol. The van der Waals surface area contributed by atoms with Crippen LogP contribution in [0.25, 0.3) is 0 Å². The van der Waals surface area contributed by atoms with Crippen LogP contribution in [0.5, 0.6) is 0 Å². The fraction of sp³-hybridized carbons (Fsp3) is 1.00. The van der Waals surface area contributed by atoms with E-state index in [1.54, 1.807) is 0 Å². The molecule has 1 saturated heterocycles. The molecule has 0 aromatic rings. The maximum Gasteiger partial charge on any atom is 0.00992 e. The third kappa shape index (κ3) is 4.26. The van der Waals surface area contributed by atoms with Crippen molar-refractivity contribution in [1.29, 1.82) is 0 Å². The van der Waals surface area contributed by atoms with Crippen molar-refractivity contribution in [3.05, 3.63) is 0 Å². The molecular formula is C15H30N2. The summed E-state index contributed by atoms with van der Waals surface area (Å²) in [6, 6.07) is 2.51. The molecule has 0 amide bonds. The SMILES string of the molecule is CCCCN(C(C)CC1CCCCN1)C1CC1. The van der Waals surface area contributed by atoms with E-state index < -0.39 is 0 Å². The Balaban J connectivity index is 1.76. The zero-order chi connectivity index (χ0) is 12.1. The lowest BCUT2D eigenvalue weighted by molar-refractivity contribution is 0.168. The lowest BCUT2D eigenvalue weighted by Gasteiger charge is -2.33. The largest absolute Gasteiger partial charge is 0.314 e. The highest BCUT2D eigenvalue weighted by Crippen LogP contribution is 2.30. The number of hydrogen-bond donors (Lipinski definition) is 1. The molecule has 1 heterocycles. The second-order valence-electron chi connectivity index (χ2n) is 6.05. The number of nitrogens with one attached hydrogen (secondary N) is 1. The molecule has 1 N–H and O–H groups in total. The molecule has 0 radical (unpaired) electrons. The van der Waals surface area contributed by atoms with Crippen LogP contribution in [0.3, 0.4) is 0 Å². The van der Waals surface area contributed by atoms with Crippen LogP contribution in [0, 0.1) is 0 Å². The van der Waals surface area contributed by atoms with E-state index >= 15 is 0 Å². The average Bonchev–Trinajstić information content (AvgIpc) is 3.15. The number of unbranched alkanes of at least 4 members (excludes halogenated alkanes) is 1. The molecule has 0 spiro atoms. The molecule has 1 aliphatic carbocycles. The Bertz CT molecular complexity index is 207. The summed E-state index contributed by atoms with van der Waals surface area (Å²) in [6.45, 7) is 7.33. The van der Waals surface area contributed by atoms with E-state index in [1.807, 2.05) is 0 Å². The van der Waals surface area contributed by atoms with Gasteiger partial charge in [-0.25, -0.2) is 0 Å². The summed E-state index contributed by atoms with van der Waals surface area (Å²) >= 11 is 0. The summed E-state index contributed by atoms with van der Waals surface area (Å²) in [4.78, 5) is 2.79. The minimum absolute atomic E-state index is 0.782. The highest BCUT2D eigenvalue weighted by atomic mass is 15.2. The van der Waals surface area contributed by atoms with Gasteiger partial charge in [-0.15, -0.1) is 0 Å². The van der Waals surface area contributed by atoms with E-state index in [0.717, 1.165) is 18.1 Å². The minimum atomic E-state index is 0.782. The standard InChI is InChI=1S/C15H30N2/c1-3-4-11-17(15-8-9-15)13(2)12-14-7-5-6-10-16-14/h13-16H,3-12H2,1-2H3. The van der Waals surface area contributed by atoms with Crippen molar-refractivity contribution in [3.63, 3.8) is 0 Å². The Labute approximate surface area is 107 Å². The fourth-order valence-electron chi connectivity index (χ4n) is 3.18. The first-order valence-corrected chi connectivity index (χ1v) is 7.80. The van der Waals surface area contributed by atoms with Gasteiger partial charge < -0.3 is 5.32 Å². The highest BCUT2D eigenvalue weighted by Gasteiger charge is 2.32. The van der Waals surface area contributed by atoms with Crippen LogP contribution >= 0.6 is 0 Å². The Morgan fingerprint density at radius 2 is 2.06 bits per heavy atom. The molecule has 17 heavy (non-hydrogen) atoms. The van der Waals surface area contributed by atoms with E-state index in [9.17, 15) is 0 Å². The first-order chi connectivity index (χ1) is 8.31. The second kappa shape index (κ2) is 6.75. The molecule has 2 fully saturated rings. The van der Waals surface area contributed by atoms with E-state index in [1.165, 1.54) is 64.5 Å². The summed E-state index contributed by atoms with van der Waals surface area (Å²) in [5, 5.41) is 3.69. The Hall–Kier alpha value is -0.0800. The van der Waals surface area contributed by atoms with E-state index in [2.05, 4.69) is 24.1 Å². The maximum absolute atomic E-state index is 3.69. The second-order valence-corrected chi connectivity index (χ2v) is 6.05. The first-order valence-electron chi connectivity index (χ1n) is 7.80. The first kappa shape index (κ1) is 13.4. The maximum atomic E-state index is 3.69. The van der Waals surface area contributed by atoms with Gasteiger partial charge in [-0.1, -0.05) is 19.8 Å². The topological polar surface area (TPSA) is 15.3 Å². The summed E-state index contributed by atoms with van der Waals surface area (Å²) in [5.41, 5.74) is 0. The quantitative estimate of drug-likeness (QED) is 0.733. The van der Waals surface area contributed by atoms with Crippen molar-refractivity contribution >= 4 is 0 Å². The molecule has 1 saturated carbocycles. The van der Waals surface area contributed by atoms with Crippen molar-refractivity contribution in [2.24, 2.45) is 0 Å². The Morgan fingerprint density at radius 1 is 1.24 bits per heavy atom. The number of hydrogen-bond acceptors (Lipinski definition) is 2. The Morgan fingerprint density at radius 3 is 2.65 bits per heavy atom. The molecule has 100 valence electrons. The molecule has 2 heteroatoms. The van der Waals surface area contributed by atoms with Gasteiger partial charge in [0, 0.05) is 18.1 Å². The van der Waals surface area contributed by atoms with Crippen molar-refractivity contribution in [3.8, 4) is 0 Å². The van der Waals surface area contributed by atoms with Crippen LogP contribution in [0.15, 0.2) is 0 Å². The smallest absolute Gasteiger partial charge is 0.00992 e. The van der Waals surface area contributed by atoms with Crippen molar-refractivity contribution in [2.45, 2.75) is 83.3 Å². The highest BCUT2D eigenvalue weighted by molar-refractivity contribution is 4.89. The normalized spacial score (nSPS) is 27.4. The fourth-order valence-corrected chi connectivity index (χ4v) is 3.18. The monoisotopic (exact) mass is 238 g/mol. The van der Waals surface area contributed by atoms with Crippen LogP contribution in [-0.2, 0) is 0 Å². The van der Waals surface area contributed by atoms with Crippen LogP contribution in [-0.4, -0.2) is 36.1 Å². The molecular weight excluding hydrogens is 208 g/mol. The van der Waals surface area contributed by atoms with E-state index in [4.69, 9.17) is 0 Å². The van der Waals surface area contributed by atoms with Gasteiger partial charge in [0.1, 0.15) is 0 Å². The molecule has 2 atom stereocenters. The molecule has 2 unspecified atom stereocenters. The number of rotatable bonds is 7. The van der Waals surface area contributed by atoms with Crippen molar-refractivity contribution < 1.29 is 0 Å². The molecule has 2 aliphatic rings. The molecule has 0 aromatic heterocycles. The van der Waals surface area contributed by atoms with Gasteiger partial charge in [-0.2, -0.15) is 0 Å². The Kier molecular flexibility index (Phi) is 5.30. The molecule has 2 nitrogen and oxygen atoms in total. The predicted molar refractivity (Wildman–Crippen MR) is 74.4 cm³/mol. The third-order valence-electron chi connectivity index (χ3n) is 4.39. The zero-order valence-electron chi connectivity index (χ0n) is 11.8. The van der Waals surface area contributed by atoms with Gasteiger partial charge in [0.05, 0.1) is 0 Å². The van der Waals surface area contributed by atoms with Gasteiger partial charge in [0.2, 0.25) is 0 Å². The van der Waals surface area contributed by atoms with Crippen LogP contribution < -0.4 is 5.32 Å². The molecule has 1 aliphatic heterocycles. The third-order valence-corrected chi connectivity index (χ3v) is 4.39. The summed E-state index contributed by atoms with van der Waals surface area (Å²) < 4.78 is 0. The number of nitrogens with zero attached hydrogens (tertiary/aromatic N) is 1. The minimum Gasteiger partial charge on any atom is -0.314 e. The van der Waals surface area contributed by atoms with Gasteiger partial charge in [0.15, 0.2) is 0 Å². The lowest BCUT2D eigenvalue weighted by Crippen LogP contribution is -2.43. The van der Waals surface area contributed by atoms with Crippen molar-refractivity contribution in [2.75, 3.05) is 13.1 Å². The van der Waals surface area contributed by atoms with Crippen LogP contribution in [0.1, 0.15) is 65.2 Å². The zero-order valence-corrected chi connectivity index (χ0v) is 11.8. The van der Waals surface area contributed by atoms with Gasteiger partial charge in [-0.3, -0.25) is 4.90 Å². The predicted octanol–water partition coefficient (Wildman–Crippen LogP) is 3.17. The molecule has 2 rings (SSSR count). The summed E-state index contributed by atoms with van der Waals surface area (Å²) in [6.07, 6.45) is 11.2. The van der Waals surface area contributed by atoms with Crippen LogP contribution in [0.4, 0.5) is 0 Å². The van der Waals surface area contributed by atoms with Gasteiger partial charge >= 0.3 is 0 Å². The molecule has 0 bridgehead atoms. The van der Waals surface area contributed by atoms with Crippen LogP contribution in [0.2, 0.25) is 0 Å². The van der Waals surface area contributed by atoms with E-state index in [-0.39, 0.29) is 0 Å². The van der Waals surface area contributed by atoms with Crippen molar-refractivity contribution in [1.82, 2.24) is 10.2 Å². The van der Waals surface area contributed by atoms with Gasteiger partial charge in [-0.05, 0) is 58.5 Å². The lowest BCUT2D eigenvalue weighted by atomic mass is 9.98. The summed E-state index contributed by atoms with van der Waals surface area (Å²) in [7, 11) is 0. The van der Waals surface area contributed by atoms with Gasteiger partial charge in [0.25, 0.3) is 0 Å².